The topological polar surface area (TPSA) is 46.3 Å². The zero-order valence-electron chi connectivity index (χ0n) is 11.3. The average molecular weight is 258 g/mol. The number of hydrogen-bond acceptors (Lipinski definition) is 2. The second kappa shape index (κ2) is 5.33. The van der Waals surface area contributed by atoms with Gasteiger partial charge in [0.1, 0.15) is 0 Å². The van der Waals surface area contributed by atoms with Crippen LogP contribution < -0.4 is 5.73 Å². The highest BCUT2D eigenvalue weighted by molar-refractivity contribution is 5.77. The molecule has 2 saturated carbocycles. The summed E-state index contributed by atoms with van der Waals surface area (Å²) in [6.45, 7) is 0.738. The third kappa shape index (κ3) is 3.35. The first-order valence-corrected chi connectivity index (χ1v) is 7.33. The van der Waals surface area contributed by atoms with E-state index in [1.807, 2.05) is 23.1 Å². The second-order valence-corrected chi connectivity index (χ2v) is 5.94. The van der Waals surface area contributed by atoms with Crippen LogP contribution in [-0.2, 0) is 11.3 Å². The highest BCUT2D eigenvalue weighted by atomic mass is 16.2. The van der Waals surface area contributed by atoms with Crippen LogP contribution in [0.2, 0.25) is 0 Å². The lowest BCUT2D eigenvalue weighted by molar-refractivity contribution is -0.132. The molecule has 3 nitrogen and oxygen atoms in total. The highest BCUT2D eigenvalue weighted by Crippen LogP contribution is 2.34. The molecule has 3 rings (SSSR count). The van der Waals surface area contributed by atoms with Crippen molar-refractivity contribution in [2.45, 2.75) is 50.7 Å². The maximum atomic E-state index is 12.4. The third-order valence-corrected chi connectivity index (χ3v) is 4.14. The predicted octanol–water partition coefficient (Wildman–Crippen LogP) is 2.30. The zero-order valence-corrected chi connectivity index (χ0v) is 11.3. The quantitative estimate of drug-likeness (QED) is 0.851. The van der Waals surface area contributed by atoms with E-state index in [2.05, 4.69) is 12.1 Å². The van der Waals surface area contributed by atoms with Gasteiger partial charge in [0.25, 0.3) is 0 Å². The van der Waals surface area contributed by atoms with E-state index >= 15 is 0 Å². The molecular weight excluding hydrogens is 236 g/mol. The standard InChI is InChI=1S/C16H22N2O/c17-15(13-6-7-13)10-16(19)18(14-8-9-14)11-12-4-2-1-3-5-12/h1-5,13-15H,6-11,17H2. The molecule has 2 fully saturated rings. The summed E-state index contributed by atoms with van der Waals surface area (Å²) in [6.07, 6.45) is 5.23. The number of nitrogens with zero attached hydrogens (tertiary/aromatic N) is 1. The van der Waals surface area contributed by atoms with Crippen molar-refractivity contribution in [1.82, 2.24) is 4.90 Å². The smallest absolute Gasteiger partial charge is 0.224 e. The van der Waals surface area contributed by atoms with Crippen molar-refractivity contribution in [3.05, 3.63) is 35.9 Å². The van der Waals surface area contributed by atoms with Crippen LogP contribution in [-0.4, -0.2) is 22.9 Å². The molecule has 19 heavy (non-hydrogen) atoms. The summed E-state index contributed by atoms with van der Waals surface area (Å²) in [4.78, 5) is 14.5. The summed E-state index contributed by atoms with van der Waals surface area (Å²) >= 11 is 0. The summed E-state index contributed by atoms with van der Waals surface area (Å²) in [6, 6.07) is 10.8. The van der Waals surface area contributed by atoms with Gasteiger partial charge in [-0.05, 0) is 37.2 Å². The van der Waals surface area contributed by atoms with E-state index in [4.69, 9.17) is 5.73 Å². The van der Waals surface area contributed by atoms with Crippen LogP contribution in [0.15, 0.2) is 30.3 Å². The van der Waals surface area contributed by atoms with Crippen molar-refractivity contribution < 1.29 is 4.79 Å². The molecule has 2 aliphatic carbocycles. The van der Waals surface area contributed by atoms with Gasteiger partial charge in [0, 0.05) is 25.0 Å². The van der Waals surface area contributed by atoms with Gasteiger partial charge in [-0.25, -0.2) is 0 Å². The van der Waals surface area contributed by atoms with Gasteiger partial charge in [-0.2, -0.15) is 0 Å². The molecule has 0 radical (unpaired) electrons. The second-order valence-electron chi connectivity index (χ2n) is 5.94. The fraction of sp³-hybridized carbons (Fsp3) is 0.562. The van der Waals surface area contributed by atoms with Gasteiger partial charge in [0.05, 0.1) is 0 Å². The van der Waals surface area contributed by atoms with Crippen LogP contribution in [0.4, 0.5) is 0 Å². The third-order valence-electron chi connectivity index (χ3n) is 4.14. The van der Waals surface area contributed by atoms with Crippen molar-refractivity contribution in [1.29, 1.82) is 0 Å². The number of carbonyl (C=O) groups excluding carboxylic acids is 1. The lowest BCUT2D eigenvalue weighted by atomic mass is 10.1. The fourth-order valence-corrected chi connectivity index (χ4v) is 2.60. The summed E-state index contributed by atoms with van der Waals surface area (Å²) in [7, 11) is 0. The van der Waals surface area contributed by atoms with Crippen molar-refractivity contribution in [2.24, 2.45) is 11.7 Å². The number of rotatable bonds is 6. The largest absolute Gasteiger partial charge is 0.335 e. The highest BCUT2D eigenvalue weighted by Gasteiger charge is 2.35. The van der Waals surface area contributed by atoms with Gasteiger partial charge in [-0.1, -0.05) is 30.3 Å². The molecule has 3 heteroatoms. The van der Waals surface area contributed by atoms with E-state index in [0.717, 1.165) is 19.4 Å². The van der Waals surface area contributed by atoms with Crippen molar-refractivity contribution in [3.63, 3.8) is 0 Å². The Hall–Kier alpha value is -1.35. The van der Waals surface area contributed by atoms with E-state index in [1.54, 1.807) is 0 Å². The maximum absolute atomic E-state index is 12.4. The Balaban J connectivity index is 1.61. The van der Waals surface area contributed by atoms with Gasteiger partial charge in [0.15, 0.2) is 0 Å². The molecule has 0 aliphatic heterocycles. The molecule has 1 amide bonds. The van der Waals surface area contributed by atoms with E-state index in [0.29, 0.717) is 18.4 Å². The molecule has 2 N–H and O–H groups in total. The molecule has 1 atom stereocenters. The van der Waals surface area contributed by atoms with Crippen molar-refractivity contribution in [2.75, 3.05) is 0 Å². The normalized spacial score (nSPS) is 20.1. The van der Waals surface area contributed by atoms with Gasteiger partial charge in [-0.15, -0.1) is 0 Å². The van der Waals surface area contributed by atoms with Crippen molar-refractivity contribution in [3.8, 4) is 0 Å². The lowest BCUT2D eigenvalue weighted by Crippen LogP contribution is -2.37. The van der Waals surface area contributed by atoms with E-state index in [-0.39, 0.29) is 11.9 Å². The molecule has 0 heterocycles. The Kier molecular flexibility index (Phi) is 3.56. The van der Waals surface area contributed by atoms with Gasteiger partial charge in [-0.3, -0.25) is 4.79 Å². The Morgan fingerprint density at radius 1 is 1.21 bits per heavy atom. The Morgan fingerprint density at radius 2 is 1.89 bits per heavy atom. The molecule has 0 spiro atoms. The Bertz CT molecular complexity index is 437. The Labute approximate surface area is 114 Å². The molecule has 1 unspecified atom stereocenters. The van der Waals surface area contributed by atoms with Crippen LogP contribution in [0, 0.1) is 5.92 Å². The molecule has 1 aromatic carbocycles. The average Bonchev–Trinajstić information content (AvgIpc) is 3.30. The first-order valence-electron chi connectivity index (χ1n) is 7.33. The van der Waals surface area contributed by atoms with E-state index < -0.39 is 0 Å². The van der Waals surface area contributed by atoms with Gasteiger partial charge >= 0.3 is 0 Å². The van der Waals surface area contributed by atoms with E-state index in [9.17, 15) is 4.79 Å². The summed E-state index contributed by atoms with van der Waals surface area (Å²) < 4.78 is 0. The monoisotopic (exact) mass is 258 g/mol. The number of hydrogen-bond donors (Lipinski definition) is 1. The predicted molar refractivity (Wildman–Crippen MR) is 75.3 cm³/mol. The minimum atomic E-state index is 0.0736. The maximum Gasteiger partial charge on any atom is 0.224 e. The summed E-state index contributed by atoms with van der Waals surface area (Å²) in [5.74, 6) is 0.840. The van der Waals surface area contributed by atoms with Crippen LogP contribution in [0.3, 0.4) is 0 Å². The first-order chi connectivity index (χ1) is 9.24. The van der Waals surface area contributed by atoms with Gasteiger partial charge in [0.2, 0.25) is 5.91 Å². The Morgan fingerprint density at radius 3 is 2.47 bits per heavy atom. The van der Waals surface area contributed by atoms with E-state index in [1.165, 1.54) is 18.4 Å². The van der Waals surface area contributed by atoms with Crippen LogP contribution >= 0.6 is 0 Å². The summed E-state index contributed by atoms with van der Waals surface area (Å²) in [5.41, 5.74) is 7.30. The zero-order chi connectivity index (χ0) is 13.2. The first kappa shape index (κ1) is 12.7. The molecule has 0 saturated heterocycles. The number of amides is 1. The van der Waals surface area contributed by atoms with Gasteiger partial charge < -0.3 is 10.6 Å². The molecule has 102 valence electrons. The van der Waals surface area contributed by atoms with Crippen LogP contribution in [0.25, 0.3) is 0 Å². The molecule has 0 bridgehead atoms. The molecule has 0 aromatic heterocycles. The lowest BCUT2D eigenvalue weighted by Gasteiger charge is -2.24. The molecule has 1 aromatic rings. The molecule has 2 aliphatic rings. The SMILES string of the molecule is NC(CC(=O)N(Cc1ccccc1)C1CC1)C1CC1. The number of carbonyl (C=O) groups is 1. The number of benzene rings is 1. The summed E-state index contributed by atoms with van der Waals surface area (Å²) in [5, 5.41) is 0. The molecular formula is C16H22N2O. The van der Waals surface area contributed by atoms with Crippen molar-refractivity contribution >= 4 is 5.91 Å². The minimum Gasteiger partial charge on any atom is -0.335 e. The van der Waals surface area contributed by atoms with Crippen LogP contribution in [0.5, 0.6) is 0 Å². The fourth-order valence-electron chi connectivity index (χ4n) is 2.60. The number of nitrogens with two attached hydrogens (primary N) is 1. The minimum absolute atomic E-state index is 0.0736. The van der Waals surface area contributed by atoms with Crippen LogP contribution in [0.1, 0.15) is 37.7 Å².